The fourth-order valence-electron chi connectivity index (χ4n) is 2.25. The van der Waals surface area contributed by atoms with Crippen molar-refractivity contribution in [2.75, 3.05) is 0 Å². The van der Waals surface area contributed by atoms with Crippen molar-refractivity contribution in [3.8, 4) is 5.75 Å². The molecule has 2 aromatic carbocycles. The van der Waals surface area contributed by atoms with Gasteiger partial charge < -0.3 is 9.52 Å². The highest BCUT2D eigenvalue weighted by atomic mass is 35.5. The Bertz CT molecular complexity index is 902. The first kappa shape index (κ1) is 15.0. The first-order chi connectivity index (χ1) is 10.6. The molecule has 1 N–H and O–H groups in total. The molecule has 1 aromatic heterocycles. The third-order valence-electron chi connectivity index (χ3n) is 3.44. The van der Waals surface area contributed by atoms with Crippen LogP contribution in [-0.4, -0.2) is 5.11 Å². The van der Waals surface area contributed by atoms with Gasteiger partial charge in [0, 0.05) is 27.7 Å². The van der Waals surface area contributed by atoms with Crippen LogP contribution in [0.2, 0.25) is 5.02 Å². The van der Waals surface area contributed by atoms with Crippen LogP contribution in [-0.2, 0) is 5.75 Å². The van der Waals surface area contributed by atoms with Crippen molar-refractivity contribution in [3.63, 3.8) is 0 Å². The van der Waals surface area contributed by atoms with Crippen molar-refractivity contribution in [2.24, 2.45) is 0 Å². The molecule has 22 heavy (non-hydrogen) atoms. The van der Waals surface area contributed by atoms with E-state index >= 15 is 0 Å². The zero-order valence-corrected chi connectivity index (χ0v) is 13.4. The van der Waals surface area contributed by atoms with Gasteiger partial charge in [0.1, 0.15) is 11.3 Å². The number of hydrogen-bond donors (Lipinski definition) is 1. The summed E-state index contributed by atoms with van der Waals surface area (Å²) in [5.41, 5.74) is 1.44. The van der Waals surface area contributed by atoms with Crippen LogP contribution in [0.5, 0.6) is 5.75 Å². The first-order valence-corrected chi connectivity index (χ1v) is 8.05. The third kappa shape index (κ3) is 2.85. The van der Waals surface area contributed by atoms with Gasteiger partial charge in [0.15, 0.2) is 0 Å². The van der Waals surface area contributed by atoms with Gasteiger partial charge in [-0.05, 0) is 36.8 Å². The molecule has 3 rings (SSSR count). The number of halogens is 1. The molecule has 0 spiro atoms. The second kappa shape index (κ2) is 6.07. The Kier molecular flexibility index (Phi) is 4.14. The summed E-state index contributed by atoms with van der Waals surface area (Å²) in [6, 6.07) is 12.5. The maximum atomic E-state index is 11.8. The molecule has 0 unspecified atom stereocenters. The minimum Gasteiger partial charge on any atom is -0.508 e. The van der Waals surface area contributed by atoms with E-state index in [0.717, 1.165) is 15.8 Å². The summed E-state index contributed by atoms with van der Waals surface area (Å²) >= 11 is 7.71. The van der Waals surface area contributed by atoms with Gasteiger partial charge in [0.25, 0.3) is 0 Å². The molecule has 3 aromatic rings. The first-order valence-electron chi connectivity index (χ1n) is 6.69. The Morgan fingerprint density at radius 1 is 1.23 bits per heavy atom. The van der Waals surface area contributed by atoms with E-state index in [4.69, 9.17) is 16.0 Å². The van der Waals surface area contributed by atoms with Crippen molar-refractivity contribution in [1.29, 1.82) is 0 Å². The molecular weight excluding hydrogens is 320 g/mol. The molecule has 3 nitrogen and oxygen atoms in total. The molecule has 5 heteroatoms. The lowest BCUT2D eigenvalue weighted by atomic mass is 10.1. The number of aryl methyl sites for hydroxylation is 1. The van der Waals surface area contributed by atoms with Gasteiger partial charge in [-0.3, -0.25) is 0 Å². The quantitative estimate of drug-likeness (QED) is 0.555. The molecule has 0 amide bonds. The fraction of sp³-hybridized carbons (Fsp3) is 0.118. The van der Waals surface area contributed by atoms with E-state index < -0.39 is 5.63 Å². The maximum absolute atomic E-state index is 11.8. The van der Waals surface area contributed by atoms with E-state index in [1.54, 1.807) is 30.8 Å². The number of rotatable bonds is 3. The number of aromatic hydroxyl groups is 1. The molecule has 112 valence electrons. The maximum Gasteiger partial charge on any atom is 0.336 e. The largest absolute Gasteiger partial charge is 0.508 e. The molecule has 0 bridgehead atoms. The minimum atomic E-state index is -0.420. The molecule has 0 saturated heterocycles. The van der Waals surface area contributed by atoms with Crippen LogP contribution >= 0.6 is 23.4 Å². The van der Waals surface area contributed by atoms with Gasteiger partial charge in [0.2, 0.25) is 0 Å². The van der Waals surface area contributed by atoms with E-state index in [0.29, 0.717) is 21.9 Å². The Labute approximate surface area is 136 Å². The third-order valence-corrected chi connectivity index (χ3v) is 5.00. The molecular formula is C17H13ClO3S. The molecule has 0 saturated carbocycles. The monoisotopic (exact) mass is 332 g/mol. The summed E-state index contributed by atoms with van der Waals surface area (Å²) in [6.07, 6.45) is 0. The van der Waals surface area contributed by atoms with Crippen LogP contribution in [0.25, 0.3) is 11.0 Å². The van der Waals surface area contributed by atoms with Crippen molar-refractivity contribution < 1.29 is 9.52 Å². The predicted molar refractivity (Wildman–Crippen MR) is 89.9 cm³/mol. The summed E-state index contributed by atoms with van der Waals surface area (Å²) in [4.78, 5) is 12.7. The number of fused-ring (bicyclic) bond motifs is 1. The van der Waals surface area contributed by atoms with Crippen LogP contribution in [0.4, 0.5) is 0 Å². The van der Waals surface area contributed by atoms with E-state index in [1.807, 2.05) is 24.3 Å². The fourth-order valence-corrected chi connectivity index (χ4v) is 3.48. The molecule has 1 heterocycles. The highest BCUT2D eigenvalue weighted by Gasteiger charge is 2.11. The van der Waals surface area contributed by atoms with Crippen LogP contribution in [0.1, 0.15) is 11.1 Å². The van der Waals surface area contributed by atoms with Crippen LogP contribution in [0.3, 0.4) is 0 Å². The molecule has 0 fully saturated rings. The van der Waals surface area contributed by atoms with Gasteiger partial charge >= 0.3 is 5.63 Å². The topological polar surface area (TPSA) is 50.4 Å². The highest BCUT2D eigenvalue weighted by molar-refractivity contribution is 7.98. The Hall–Kier alpha value is -1.91. The van der Waals surface area contributed by atoms with Crippen molar-refractivity contribution in [3.05, 3.63) is 69.0 Å². The Morgan fingerprint density at radius 2 is 2.00 bits per heavy atom. The Balaban J connectivity index is 2.02. The molecule has 0 radical (unpaired) electrons. The number of thioether (sulfide) groups is 1. The highest BCUT2D eigenvalue weighted by Crippen LogP contribution is 2.33. The number of phenols is 1. The average Bonchev–Trinajstić information content (AvgIpc) is 2.50. The van der Waals surface area contributed by atoms with E-state index in [9.17, 15) is 9.90 Å². The summed E-state index contributed by atoms with van der Waals surface area (Å²) in [7, 11) is 0. The van der Waals surface area contributed by atoms with Crippen LogP contribution in [0, 0.1) is 6.92 Å². The average molecular weight is 333 g/mol. The number of phenolic OH excluding ortho intramolecular Hbond substituents is 1. The van der Waals surface area contributed by atoms with Gasteiger partial charge in [-0.25, -0.2) is 4.79 Å². The van der Waals surface area contributed by atoms with Gasteiger partial charge in [0.05, 0.1) is 5.02 Å². The van der Waals surface area contributed by atoms with Crippen LogP contribution in [0.15, 0.2) is 56.6 Å². The molecule has 0 aliphatic rings. The summed E-state index contributed by atoms with van der Waals surface area (Å²) < 4.78 is 5.24. The predicted octanol–water partition coefficient (Wildman–Crippen LogP) is 4.75. The zero-order chi connectivity index (χ0) is 15.7. The zero-order valence-electron chi connectivity index (χ0n) is 11.8. The Morgan fingerprint density at radius 3 is 2.77 bits per heavy atom. The van der Waals surface area contributed by atoms with Crippen molar-refractivity contribution in [1.82, 2.24) is 0 Å². The van der Waals surface area contributed by atoms with Crippen molar-refractivity contribution in [2.45, 2.75) is 17.6 Å². The standard InChI is InChI=1S/C17H13ClO3S/c1-10-14(19)7-6-12-11(8-16(20)21-17(10)12)9-22-15-5-3-2-4-13(15)18/h2-8,19H,9H2,1H3. The normalized spacial score (nSPS) is 11.0. The smallest absolute Gasteiger partial charge is 0.336 e. The van der Waals surface area contributed by atoms with E-state index in [-0.39, 0.29) is 5.75 Å². The van der Waals surface area contributed by atoms with Crippen molar-refractivity contribution >= 4 is 34.3 Å². The van der Waals surface area contributed by atoms with E-state index in [1.165, 1.54) is 6.07 Å². The lowest BCUT2D eigenvalue weighted by Gasteiger charge is -2.09. The second-order valence-electron chi connectivity index (χ2n) is 4.90. The molecule has 0 atom stereocenters. The summed E-state index contributed by atoms with van der Waals surface area (Å²) in [6.45, 7) is 1.73. The second-order valence-corrected chi connectivity index (χ2v) is 6.32. The molecule has 0 aliphatic carbocycles. The number of hydrogen-bond acceptors (Lipinski definition) is 4. The molecule has 0 aliphatic heterocycles. The summed E-state index contributed by atoms with van der Waals surface area (Å²) in [5.74, 6) is 0.710. The minimum absolute atomic E-state index is 0.117. The van der Waals surface area contributed by atoms with Gasteiger partial charge in [-0.2, -0.15) is 0 Å². The van der Waals surface area contributed by atoms with Gasteiger partial charge in [-0.15, -0.1) is 11.8 Å². The number of benzene rings is 2. The lowest BCUT2D eigenvalue weighted by molar-refractivity contribution is 0.468. The lowest BCUT2D eigenvalue weighted by Crippen LogP contribution is -2.01. The SMILES string of the molecule is Cc1c(O)ccc2c(CSc3ccccc3Cl)cc(=O)oc12. The summed E-state index contributed by atoms with van der Waals surface area (Å²) in [5, 5.41) is 11.3. The van der Waals surface area contributed by atoms with E-state index in [2.05, 4.69) is 0 Å². The van der Waals surface area contributed by atoms with Gasteiger partial charge in [-0.1, -0.05) is 23.7 Å². The van der Waals surface area contributed by atoms with Crippen LogP contribution < -0.4 is 5.63 Å².